The number of benzene rings is 2. The lowest BCUT2D eigenvalue weighted by atomic mass is 10.3. The fourth-order valence-corrected chi connectivity index (χ4v) is 1.62. The summed E-state index contributed by atoms with van der Waals surface area (Å²) in [5.74, 6) is 0.346. The smallest absolute Gasteiger partial charge is 0.141 e. The molecule has 0 aromatic heterocycles. The molecule has 4 nitrogen and oxygen atoms in total. The van der Waals surface area contributed by atoms with Crippen LogP contribution in [0.2, 0.25) is 0 Å². The molecule has 0 heterocycles. The highest BCUT2D eigenvalue weighted by atomic mass is 16.3. The Morgan fingerprint density at radius 3 is 1.50 bits per heavy atom. The fraction of sp³-hybridized carbons (Fsp3) is 0.125. The Morgan fingerprint density at radius 1 is 0.700 bits per heavy atom. The molecule has 0 atom stereocenters. The summed E-state index contributed by atoms with van der Waals surface area (Å²) in [6.45, 7) is 0. The van der Waals surface area contributed by atoms with Gasteiger partial charge in [0.1, 0.15) is 22.9 Å². The summed E-state index contributed by atoms with van der Waals surface area (Å²) in [4.78, 5) is 8.36. The van der Waals surface area contributed by atoms with Crippen molar-refractivity contribution in [2.24, 2.45) is 9.98 Å². The lowest BCUT2D eigenvalue weighted by Gasteiger charge is -1.97. The molecule has 0 bridgehead atoms. The average molecular weight is 268 g/mol. The van der Waals surface area contributed by atoms with Gasteiger partial charge in [-0.05, 0) is 37.1 Å². The van der Waals surface area contributed by atoms with Crippen LogP contribution in [0.5, 0.6) is 11.5 Å². The predicted molar refractivity (Wildman–Crippen MR) is 81.8 cm³/mol. The molecule has 0 fully saturated rings. The Bertz CT molecular complexity index is 566. The van der Waals surface area contributed by atoms with E-state index in [1.165, 1.54) is 0 Å². The Hall–Kier alpha value is -2.62. The van der Waals surface area contributed by atoms with E-state index in [1.807, 2.05) is 12.1 Å². The van der Waals surface area contributed by atoms with E-state index in [0.717, 1.165) is 0 Å². The second kappa shape index (κ2) is 7.09. The number of nitrogens with zero attached hydrogens (tertiary/aromatic N) is 2. The number of hydrogen-bond donors (Lipinski definition) is 2. The number of phenolic OH excluding ortho intramolecular Hbond substituents is 2. The number of aliphatic imine (C=N–C) groups is 2. The van der Waals surface area contributed by atoms with Gasteiger partial charge < -0.3 is 10.2 Å². The molecule has 0 aliphatic carbocycles. The molecular weight excluding hydrogens is 252 g/mol. The van der Waals surface area contributed by atoms with Gasteiger partial charge in [-0.25, -0.2) is 0 Å². The summed E-state index contributed by atoms with van der Waals surface area (Å²) in [7, 11) is 0. The largest absolute Gasteiger partial charge is 0.506 e. The minimum absolute atomic E-state index is 0.173. The molecule has 0 spiro atoms. The Balaban J connectivity index is 1.82. The number of aromatic hydroxyl groups is 2. The number of phenols is 2. The molecule has 20 heavy (non-hydrogen) atoms. The summed E-state index contributed by atoms with van der Waals surface area (Å²) < 4.78 is 0. The summed E-state index contributed by atoms with van der Waals surface area (Å²) in [6.07, 6.45) is 4.91. The summed E-state index contributed by atoms with van der Waals surface area (Å²) in [5, 5.41) is 19.0. The van der Waals surface area contributed by atoms with Gasteiger partial charge in [0.25, 0.3) is 0 Å². The van der Waals surface area contributed by atoms with Gasteiger partial charge in [-0.2, -0.15) is 0 Å². The molecule has 0 aliphatic heterocycles. The molecule has 102 valence electrons. The van der Waals surface area contributed by atoms with Crippen LogP contribution in [0.1, 0.15) is 12.8 Å². The first-order valence-corrected chi connectivity index (χ1v) is 6.38. The van der Waals surface area contributed by atoms with Crippen LogP contribution in [-0.2, 0) is 0 Å². The normalized spacial score (nSPS) is 11.4. The van der Waals surface area contributed by atoms with E-state index in [2.05, 4.69) is 9.98 Å². The predicted octanol–water partition coefficient (Wildman–Crippen LogP) is 3.98. The molecule has 0 radical (unpaired) electrons. The van der Waals surface area contributed by atoms with Crippen molar-refractivity contribution in [1.82, 2.24) is 0 Å². The number of rotatable bonds is 5. The second-order valence-electron chi connectivity index (χ2n) is 4.18. The monoisotopic (exact) mass is 268 g/mol. The van der Waals surface area contributed by atoms with Crippen LogP contribution in [0.3, 0.4) is 0 Å². The third-order valence-corrected chi connectivity index (χ3v) is 2.65. The maximum atomic E-state index is 9.52. The molecule has 0 saturated heterocycles. The summed E-state index contributed by atoms with van der Waals surface area (Å²) in [6, 6.07) is 13.9. The highest BCUT2D eigenvalue weighted by Gasteiger charge is 1.95. The molecule has 0 amide bonds. The second-order valence-corrected chi connectivity index (χ2v) is 4.18. The Labute approximate surface area is 117 Å². The maximum absolute atomic E-state index is 9.52. The van der Waals surface area contributed by atoms with Gasteiger partial charge in [-0.1, -0.05) is 24.3 Å². The quantitative estimate of drug-likeness (QED) is 0.636. The van der Waals surface area contributed by atoms with E-state index in [4.69, 9.17) is 0 Å². The Kier molecular flexibility index (Phi) is 4.89. The lowest BCUT2D eigenvalue weighted by Crippen LogP contribution is -1.79. The summed E-state index contributed by atoms with van der Waals surface area (Å²) >= 11 is 0. The van der Waals surface area contributed by atoms with Crippen LogP contribution in [-0.4, -0.2) is 22.6 Å². The molecule has 2 aromatic carbocycles. The van der Waals surface area contributed by atoms with Gasteiger partial charge >= 0.3 is 0 Å². The van der Waals surface area contributed by atoms with Crippen molar-refractivity contribution in [3.8, 4) is 11.5 Å². The van der Waals surface area contributed by atoms with Gasteiger partial charge in [0, 0.05) is 12.4 Å². The highest BCUT2D eigenvalue weighted by molar-refractivity contribution is 5.72. The van der Waals surface area contributed by atoms with Crippen molar-refractivity contribution >= 4 is 23.8 Å². The molecule has 2 aromatic rings. The Morgan fingerprint density at radius 2 is 1.10 bits per heavy atom. The number of para-hydroxylation sites is 4. The van der Waals surface area contributed by atoms with Crippen molar-refractivity contribution < 1.29 is 10.2 Å². The van der Waals surface area contributed by atoms with Gasteiger partial charge in [0.2, 0.25) is 0 Å². The van der Waals surface area contributed by atoms with E-state index in [-0.39, 0.29) is 11.5 Å². The first-order valence-electron chi connectivity index (χ1n) is 6.38. The van der Waals surface area contributed by atoms with Crippen LogP contribution in [0.15, 0.2) is 58.5 Å². The van der Waals surface area contributed by atoms with Crippen molar-refractivity contribution in [2.45, 2.75) is 12.8 Å². The van der Waals surface area contributed by atoms with Crippen LogP contribution < -0.4 is 0 Å². The minimum Gasteiger partial charge on any atom is -0.506 e. The maximum Gasteiger partial charge on any atom is 0.141 e. The molecule has 0 unspecified atom stereocenters. The van der Waals surface area contributed by atoms with Crippen LogP contribution >= 0.6 is 0 Å². The topological polar surface area (TPSA) is 65.2 Å². The molecule has 2 rings (SSSR count). The van der Waals surface area contributed by atoms with Crippen molar-refractivity contribution in [3.05, 3.63) is 48.5 Å². The van der Waals surface area contributed by atoms with E-state index < -0.39 is 0 Å². The van der Waals surface area contributed by atoms with Crippen LogP contribution in [0.4, 0.5) is 11.4 Å². The third kappa shape index (κ3) is 3.95. The van der Waals surface area contributed by atoms with Crippen molar-refractivity contribution in [1.29, 1.82) is 0 Å². The van der Waals surface area contributed by atoms with E-state index in [0.29, 0.717) is 24.2 Å². The first kappa shape index (κ1) is 13.8. The zero-order chi connectivity index (χ0) is 14.2. The number of hydrogen-bond acceptors (Lipinski definition) is 4. The molecule has 0 aliphatic rings. The van der Waals surface area contributed by atoms with Crippen molar-refractivity contribution in [2.75, 3.05) is 0 Å². The van der Waals surface area contributed by atoms with Crippen LogP contribution in [0.25, 0.3) is 0 Å². The zero-order valence-corrected chi connectivity index (χ0v) is 11.0. The van der Waals surface area contributed by atoms with E-state index in [1.54, 1.807) is 48.8 Å². The van der Waals surface area contributed by atoms with E-state index in [9.17, 15) is 10.2 Å². The standard InChI is InChI=1S/C16H16N2O2/c19-15-9-3-1-7-13(15)17-11-5-6-12-18-14-8-2-4-10-16(14)20/h1-4,7-12,19-20H,5-6H2/b17-11+,18-12+. The van der Waals surface area contributed by atoms with E-state index >= 15 is 0 Å². The first-order chi connectivity index (χ1) is 9.77. The average Bonchev–Trinajstić information content (AvgIpc) is 2.46. The highest BCUT2D eigenvalue weighted by Crippen LogP contribution is 2.25. The van der Waals surface area contributed by atoms with Gasteiger partial charge in [0.05, 0.1) is 0 Å². The molecule has 4 heteroatoms. The van der Waals surface area contributed by atoms with Gasteiger partial charge in [-0.15, -0.1) is 0 Å². The zero-order valence-electron chi connectivity index (χ0n) is 11.0. The third-order valence-electron chi connectivity index (χ3n) is 2.65. The minimum atomic E-state index is 0.173. The molecular formula is C16H16N2O2. The summed E-state index contributed by atoms with van der Waals surface area (Å²) in [5.41, 5.74) is 1.12. The fourth-order valence-electron chi connectivity index (χ4n) is 1.62. The van der Waals surface area contributed by atoms with Crippen molar-refractivity contribution in [3.63, 3.8) is 0 Å². The molecule has 2 N–H and O–H groups in total. The van der Waals surface area contributed by atoms with Gasteiger partial charge in [0.15, 0.2) is 0 Å². The van der Waals surface area contributed by atoms with Gasteiger partial charge in [-0.3, -0.25) is 9.98 Å². The SMILES string of the molecule is Oc1ccccc1/N=C/CC/C=N/c1ccccc1O. The van der Waals surface area contributed by atoms with Crippen LogP contribution in [0, 0.1) is 0 Å². The number of unbranched alkanes of at least 4 members (excludes halogenated alkanes) is 1. The lowest BCUT2D eigenvalue weighted by molar-refractivity contribution is 0.476. The molecule has 0 saturated carbocycles.